The molecule has 2 aliphatic heterocycles. The molecule has 0 bridgehead atoms. The predicted octanol–water partition coefficient (Wildman–Crippen LogP) is 1.87. The molecular weight excluding hydrogens is 448 g/mol. The summed E-state index contributed by atoms with van der Waals surface area (Å²) in [5.74, 6) is 0.144. The lowest BCUT2D eigenvalue weighted by Gasteiger charge is -2.43. The van der Waals surface area contributed by atoms with E-state index in [1.165, 1.54) is 39.9 Å². The van der Waals surface area contributed by atoms with Crippen LogP contribution in [0.25, 0.3) is 0 Å². The number of nitrogens with one attached hydrogen (secondary N) is 3. The lowest BCUT2D eigenvalue weighted by molar-refractivity contribution is -0.899. The summed E-state index contributed by atoms with van der Waals surface area (Å²) < 4.78 is 10.7. The third-order valence-electron chi connectivity index (χ3n) is 6.82. The first-order valence-corrected chi connectivity index (χ1v) is 12.3. The quantitative estimate of drug-likeness (QED) is 0.429. The minimum atomic E-state index is -2.27. The van der Waals surface area contributed by atoms with Gasteiger partial charge in [0.05, 0.1) is 45.2 Å². The van der Waals surface area contributed by atoms with E-state index < -0.39 is 17.7 Å². The summed E-state index contributed by atoms with van der Waals surface area (Å²) >= 11 is 0. The molecule has 3 amide bonds. The number of fused-ring (bicyclic) bond motifs is 1. The van der Waals surface area contributed by atoms with E-state index in [0.717, 1.165) is 31.0 Å². The molecule has 2 heterocycles. The zero-order valence-corrected chi connectivity index (χ0v) is 20.4. The van der Waals surface area contributed by atoms with Crippen LogP contribution in [0, 0.1) is 0 Å². The topological polar surface area (TPSA) is 105 Å². The Bertz CT molecular complexity index is 1050. The third-order valence-corrected chi connectivity index (χ3v) is 6.82. The van der Waals surface area contributed by atoms with Gasteiger partial charge in [-0.1, -0.05) is 18.2 Å². The summed E-state index contributed by atoms with van der Waals surface area (Å²) in [4.78, 5) is 29.4. The zero-order valence-electron chi connectivity index (χ0n) is 20.4. The van der Waals surface area contributed by atoms with Crippen LogP contribution in [0.15, 0.2) is 42.5 Å². The molecule has 2 aromatic rings. The number of urea groups is 1. The van der Waals surface area contributed by atoms with Crippen molar-refractivity contribution < 1.29 is 29.1 Å². The number of benzene rings is 2. The van der Waals surface area contributed by atoms with E-state index in [2.05, 4.69) is 10.6 Å². The van der Waals surface area contributed by atoms with E-state index in [4.69, 9.17) is 9.47 Å². The van der Waals surface area contributed by atoms with Gasteiger partial charge in [-0.15, -0.1) is 0 Å². The Hall–Kier alpha value is -3.30. The lowest BCUT2D eigenvalue weighted by Crippen LogP contribution is -3.11. The van der Waals surface area contributed by atoms with Gasteiger partial charge < -0.3 is 30.1 Å². The maximum absolute atomic E-state index is 13.6. The molecule has 9 nitrogen and oxygen atoms in total. The monoisotopic (exact) mass is 483 g/mol. The van der Waals surface area contributed by atoms with E-state index in [1.807, 2.05) is 0 Å². The molecule has 4 N–H and O–H groups in total. The van der Waals surface area contributed by atoms with E-state index in [1.54, 1.807) is 47.4 Å². The Morgan fingerprint density at radius 1 is 1.11 bits per heavy atom. The number of quaternary nitrogens is 1. The molecular formula is C26H35N4O5+. The van der Waals surface area contributed by atoms with Crippen molar-refractivity contribution in [2.75, 3.05) is 50.6 Å². The number of amides is 3. The first-order valence-electron chi connectivity index (χ1n) is 12.3. The van der Waals surface area contributed by atoms with E-state index in [-0.39, 0.29) is 17.0 Å². The largest absolute Gasteiger partial charge is 0.497 e. The maximum atomic E-state index is 13.6. The van der Waals surface area contributed by atoms with Crippen molar-refractivity contribution in [3.63, 3.8) is 0 Å². The summed E-state index contributed by atoms with van der Waals surface area (Å²) in [6.45, 7) is 3.70. The summed E-state index contributed by atoms with van der Waals surface area (Å²) in [6, 6.07) is 11.0. The van der Waals surface area contributed by atoms with Crippen LogP contribution < -0.4 is 29.9 Å². The van der Waals surface area contributed by atoms with Crippen LogP contribution in [0.4, 0.5) is 16.2 Å². The first kappa shape index (κ1) is 24.8. The summed E-state index contributed by atoms with van der Waals surface area (Å²) in [7, 11) is 2.98. The van der Waals surface area contributed by atoms with Crippen molar-refractivity contribution in [1.82, 2.24) is 5.32 Å². The van der Waals surface area contributed by atoms with Gasteiger partial charge in [0, 0.05) is 24.6 Å². The Kier molecular flexibility index (Phi) is 7.77. The van der Waals surface area contributed by atoms with Gasteiger partial charge in [0.1, 0.15) is 11.5 Å². The second-order valence-electron chi connectivity index (χ2n) is 9.04. The van der Waals surface area contributed by atoms with Gasteiger partial charge in [-0.2, -0.15) is 0 Å². The van der Waals surface area contributed by atoms with Crippen LogP contribution in [-0.2, 0) is 10.5 Å². The summed E-state index contributed by atoms with van der Waals surface area (Å²) in [6.07, 6.45) is 5.85. The number of aliphatic hydroxyl groups is 1. The van der Waals surface area contributed by atoms with Crippen LogP contribution in [0.3, 0.4) is 0 Å². The number of ether oxygens (including phenoxy) is 2. The van der Waals surface area contributed by atoms with Crippen LogP contribution in [-0.4, -0.2) is 57.4 Å². The standard InChI is InChI=1S/C26H34N4O5/c1-34-19-12-13-22(23(18-19)35-2)30-25(32)28-21-11-6-5-10-20(21)26(30,33)24(31)27-14-9-17-29-15-7-3-4-8-16-29/h5-6,10-13,18,33H,3-4,7-9,14-17H2,1-2H3,(H,27,31)(H,28,32)/p+1. The van der Waals surface area contributed by atoms with E-state index >= 15 is 0 Å². The zero-order chi connectivity index (χ0) is 24.8. The molecule has 2 aromatic carbocycles. The van der Waals surface area contributed by atoms with Gasteiger partial charge in [-0.25, -0.2) is 9.69 Å². The lowest BCUT2D eigenvalue weighted by atomic mass is 9.94. The van der Waals surface area contributed by atoms with E-state index in [0.29, 0.717) is 18.0 Å². The number of hydrogen-bond donors (Lipinski definition) is 4. The first-order chi connectivity index (χ1) is 17.0. The molecule has 35 heavy (non-hydrogen) atoms. The Morgan fingerprint density at radius 3 is 2.57 bits per heavy atom. The fourth-order valence-corrected chi connectivity index (χ4v) is 4.95. The number of methoxy groups -OCH3 is 2. The van der Waals surface area contributed by atoms with Gasteiger partial charge >= 0.3 is 6.03 Å². The fraction of sp³-hybridized carbons (Fsp3) is 0.462. The van der Waals surface area contributed by atoms with Gasteiger partial charge in [0.2, 0.25) is 0 Å². The van der Waals surface area contributed by atoms with Crippen LogP contribution >= 0.6 is 0 Å². The van der Waals surface area contributed by atoms with Crippen molar-refractivity contribution in [2.24, 2.45) is 0 Å². The number of anilines is 2. The van der Waals surface area contributed by atoms with Crippen LogP contribution in [0.2, 0.25) is 0 Å². The van der Waals surface area contributed by atoms with Gasteiger partial charge in [0.25, 0.3) is 11.6 Å². The Balaban J connectivity index is 1.60. The molecule has 0 spiro atoms. The molecule has 0 aliphatic carbocycles. The number of nitrogens with zero attached hydrogens (tertiary/aromatic N) is 1. The molecule has 0 radical (unpaired) electrons. The number of likely N-dealkylation sites (tertiary alicyclic amines) is 1. The minimum Gasteiger partial charge on any atom is -0.497 e. The number of rotatable bonds is 8. The smallest absolute Gasteiger partial charge is 0.329 e. The number of hydrogen-bond acceptors (Lipinski definition) is 5. The molecule has 1 unspecified atom stereocenters. The maximum Gasteiger partial charge on any atom is 0.329 e. The second kappa shape index (κ2) is 11.0. The number of para-hydroxylation sites is 1. The minimum absolute atomic E-state index is 0.243. The van der Waals surface area contributed by atoms with Crippen molar-refractivity contribution in [3.8, 4) is 11.5 Å². The van der Waals surface area contributed by atoms with Crippen LogP contribution in [0.5, 0.6) is 11.5 Å². The van der Waals surface area contributed by atoms with Gasteiger partial charge in [-0.3, -0.25) is 4.79 Å². The molecule has 4 rings (SSSR count). The Labute approximate surface area is 206 Å². The predicted molar refractivity (Wildman–Crippen MR) is 133 cm³/mol. The van der Waals surface area contributed by atoms with Crippen molar-refractivity contribution >= 4 is 23.3 Å². The highest BCUT2D eigenvalue weighted by atomic mass is 16.5. The molecule has 1 fully saturated rings. The van der Waals surface area contributed by atoms with Crippen LogP contribution in [0.1, 0.15) is 37.7 Å². The third kappa shape index (κ3) is 5.06. The highest BCUT2D eigenvalue weighted by Gasteiger charge is 2.52. The molecule has 1 atom stereocenters. The van der Waals surface area contributed by atoms with Crippen molar-refractivity contribution in [2.45, 2.75) is 37.8 Å². The number of carbonyl (C=O) groups is 2. The second-order valence-corrected chi connectivity index (χ2v) is 9.04. The number of carbonyl (C=O) groups excluding carboxylic acids is 2. The van der Waals surface area contributed by atoms with Gasteiger partial charge in [-0.05, 0) is 43.9 Å². The highest BCUT2D eigenvalue weighted by Crippen LogP contribution is 2.43. The molecule has 2 aliphatic rings. The summed E-state index contributed by atoms with van der Waals surface area (Å²) in [5, 5.41) is 17.6. The normalized spacial score (nSPS) is 20.4. The average molecular weight is 484 g/mol. The molecule has 188 valence electrons. The highest BCUT2D eigenvalue weighted by molar-refractivity contribution is 6.12. The Morgan fingerprint density at radius 2 is 1.86 bits per heavy atom. The van der Waals surface area contributed by atoms with Crippen molar-refractivity contribution in [1.29, 1.82) is 0 Å². The molecule has 0 aromatic heterocycles. The fourth-order valence-electron chi connectivity index (χ4n) is 4.95. The van der Waals surface area contributed by atoms with Crippen molar-refractivity contribution in [3.05, 3.63) is 48.0 Å². The summed E-state index contributed by atoms with van der Waals surface area (Å²) in [5.41, 5.74) is -1.36. The SMILES string of the molecule is COc1ccc(N2C(=O)Nc3ccccc3C2(O)C(=O)NCCC[NH+]2CCCCCC2)c(OC)c1. The average Bonchev–Trinajstić information content (AvgIpc) is 3.15. The van der Waals surface area contributed by atoms with E-state index in [9.17, 15) is 14.7 Å². The van der Waals surface area contributed by atoms with Gasteiger partial charge in [0.15, 0.2) is 0 Å². The molecule has 0 saturated carbocycles. The molecule has 9 heteroatoms. The molecule has 1 saturated heterocycles.